The van der Waals surface area contributed by atoms with E-state index in [1.54, 1.807) is 18.7 Å². The Morgan fingerprint density at radius 1 is 1.12 bits per heavy atom. The van der Waals surface area contributed by atoms with Crippen LogP contribution in [0.1, 0.15) is 78.6 Å². The van der Waals surface area contributed by atoms with Crippen molar-refractivity contribution in [1.82, 2.24) is 4.90 Å². The van der Waals surface area contributed by atoms with Crippen LogP contribution < -0.4 is 0 Å². The first-order chi connectivity index (χ1) is 11.8. The van der Waals surface area contributed by atoms with Crippen molar-refractivity contribution in [1.29, 1.82) is 0 Å². The van der Waals surface area contributed by atoms with E-state index in [4.69, 9.17) is 0 Å². The molecule has 0 saturated carbocycles. The molecule has 0 fully saturated rings. The fraction of sp³-hybridized carbons (Fsp3) is 0.850. The van der Waals surface area contributed by atoms with Crippen molar-refractivity contribution in [2.24, 2.45) is 5.92 Å². The average Bonchev–Trinajstić information content (AvgIpc) is 2.54. The molecule has 0 aromatic heterocycles. The van der Waals surface area contributed by atoms with Crippen molar-refractivity contribution >= 4 is 5.91 Å². The first-order valence-electron chi connectivity index (χ1n) is 9.84. The molecule has 0 aliphatic carbocycles. The van der Waals surface area contributed by atoms with E-state index >= 15 is 0 Å². The number of aliphatic hydroxyl groups is 3. The standard InChI is InChI=1S/C20H37NO4/c1-15-9-8-13-18(12-5-4-10-16(2)22)20(25)21(19(15)24)14-7-6-11-17(3)23/h9,16-18,20,22-23,25H,4-8,10-14H2,1-3H3/b15-9-. The second kappa shape index (κ2) is 11.7. The number of nitrogens with zero attached hydrogens (tertiary/aromatic N) is 1. The lowest BCUT2D eigenvalue weighted by Crippen LogP contribution is -2.46. The molecule has 0 saturated heterocycles. The Kier molecular flexibility index (Phi) is 10.3. The minimum atomic E-state index is -0.741. The Morgan fingerprint density at radius 2 is 1.72 bits per heavy atom. The predicted molar refractivity (Wildman–Crippen MR) is 99.9 cm³/mol. The summed E-state index contributed by atoms with van der Waals surface area (Å²) in [5.74, 6) is 0.0114. The number of carbonyl (C=O) groups is 1. The van der Waals surface area contributed by atoms with Gasteiger partial charge in [0, 0.05) is 18.0 Å². The van der Waals surface area contributed by atoms with Crippen molar-refractivity contribution in [2.75, 3.05) is 6.54 Å². The largest absolute Gasteiger partial charge is 0.393 e. The van der Waals surface area contributed by atoms with Crippen LogP contribution in [0.4, 0.5) is 0 Å². The maximum atomic E-state index is 12.6. The van der Waals surface area contributed by atoms with E-state index < -0.39 is 6.23 Å². The molecule has 3 N–H and O–H groups in total. The van der Waals surface area contributed by atoms with E-state index in [1.165, 1.54) is 0 Å². The molecule has 1 aliphatic heterocycles. The molecular weight excluding hydrogens is 318 g/mol. The van der Waals surface area contributed by atoms with Gasteiger partial charge in [0.25, 0.3) is 5.91 Å². The Morgan fingerprint density at radius 3 is 2.32 bits per heavy atom. The van der Waals surface area contributed by atoms with Crippen molar-refractivity contribution in [2.45, 2.75) is 97.0 Å². The molecule has 0 aromatic rings. The Labute approximate surface area is 152 Å². The summed E-state index contributed by atoms with van der Waals surface area (Å²) in [5, 5.41) is 29.5. The average molecular weight is 356 g/mol. The number of aliphatic hydroxyl groups excluding tert-OH is 3. The molecule has 4 unspecified atom stereocenters. The maximum absolute atomic E-state index is 12.6. The normalized spacial score (nSPS) is 26.6. The molecule has 146 valence electrons. The summed E-state index contributed by atoms with van der Waals surface area (Å²) in [6.07, 6.45) is 8.25. The predicted octanol–water partition coefficient (Wildman–Crippen LogP) is 2.98. The first kappa shape index (κ1) is 22.1. The number of hydrogen-bond donors (Lipinski definition) is 3. The fourth-order valence-electron chi connectivity index (χ4n) is 3.45. The van der Waals surface area contributed by atoms with Crippen LogP contribution in [0.15, 0.2) is 11.6 Å². The first-order valence-corrected chi connectivity index (χ1v) is 9.84. The van der Waals surface area contributed by atoms with Crippen LogP contribution in [-0.4, -0.2) is 51.1 Å². The number of carbonyl (C=O) groups excluding carboxylic acids is 1. The molecule has 4 atom stereocenters. The molecule has 1 amide bonds. The van der Waals surface area contributed by atoms with Gasteiger partial charge < -0.3 is 20.2 Å². The highest BCUT2D eigenvalue weighted by Gasteiger charge is 2.30. The van der Waals surface area contributed by atoms with Gasteiger partial charge in [-0.25, -0.2) is 0 Å². The molecular formula is C20H37NO4. The fourth-order valence-corrected chi connectivity index (χ4v) is 3.45. The molecule has 1 rings (SSSR count). The number of allylic oxidation sites excluding steroid dienone is 1. The summed E-state index contributed by atoms with van der Waals surface area (Å²) >= 11 is 0. The van der Waals surface area contributed by atoms with Gasteiger partial charge >= 0.3 is 0 Å². The van der Waals surface area contributed by atoms with Crippen molar-refractivity contribution in [3.63, 3.8) is 0 Å². The third-order valence-electron chi connectivity index (χ3n) is 5.04. The van der Waals surface area contributed by atoms with Gasteiger partial charge in [-0.05, 0) is 65.7 Å². The zero-order valence-corrected chi connectivity index (χ0v) is 16.2. The minimum Gasteiger partial charge on any atom is -0.393 e. The number of rotatable bonds is 10. The summed E-state index contributed by atoms with van der Waals surface area (Å²) in [7, 11) is 0. The van der Waals surface area contributed by atoms with E-state index in [0.29, 0.717) is 12.1 Å². The van der Waals surface area contributed by atoms with Crippen LogP contribution in [0.5, 0.6) is 0 Å². The van der Waals surface area contributed by atoms with Gasteiger partial charge in [0.05, 0.1) is 12.2 Å². The van der Waals surface area contributed by atoms with Crippen LogP contribution in [0, 0.1) is 5.92 Å². The molecule has 0 spiro atoms. The third-order valence-corrected chi connectivity index (χ3v) is 5.04. The summed E-state index contributed by atoms with van der Waals surface area (Å²) in [5.41, 5.74) is 0.710. The molecule has 0 aromatic carbocycles. The second-order valence-corrected chi connectivity index (χ2v) is 7.62. The zero-order valence-electron chi connectivity index (χ0n) is 16.2. The highest BCUT2D eigenvalue weighted by atomic mass is 16.3. The van der Waals surface area contributed by atoms with Gasteiger partial charge in [-0.2, -0.15) is 0 Å². The van der Waals surface area contributed by atoms with Crippen LogP contribution >= 0.6 is 0 Å². The van der Waals surface area contributed by atoms with Crippen molar-refractivity contribution in [3.8, 4) is 0 Å². The lowest BCUT2D eigenvalue weighted by atomic mass is 9.91. The smallest absolute Gasteiger partial charge is 0.251 e. The highest BCUT2D eigenvalue weighted by Crippen LogP contribution is 2.26. The summed E-state index contributed by atoms with van der Waals surface area (Å²) in [6.45, 7) is 5.92. The van der Waals surface area contributed by atoms with E-state index in [2.05, 4.69) is 0 Å². The van der Waals surface area contributed by atoms with Crippen molar-refractivity contribution in [3.05, 3.63) is 11.6 Å². The summed E-state index contributed by atoms with van der Waals surface area (Å²) < 4.78 is 0. The second-order valence-electron chi connectivity index (χ2n) is 7.62. The van der Waals surface area contributed by atoms with Gasteiger partial charge in [-0.3, -0.25) is 4.79 Å². The molecule has 5 nitrogen and oxygen atoms in total. The Hall–Kier alpha value is -0.910. The van der Waals surface area contributed by atoms with Gasteiger partial charge in [0.1, 0.15) is 6.23 Å². The van der Waals surface area contributed by atoms with Crippen molar-refractivity contribution < 1.29 is 20.1 Å². The monoisotopic (exact) mass is 355 g/mol. The SMILES string of the molecule is C/C1=C/CCC(CCCCC(C)O)C(O)N(CCCCC(C)O)C1=O. The van der Waals surface area contributed by atoms with Gasteiger partial charge in [-0.1, -0.05) is 18.9 Å². The number of amides is 1. The van der Waals surface area contributed by atoms with E-state index in [-0.39, 0.29) is 24.0 Å². The Balaban J connectivity index is 2.63. The zero-order chi connectivity index (χ0) is 18.8. The molecule has 25 heavy (non-hydrogen) atoms. The van der Waals surface area contributed by atoms with Gasteiger partial charge in [0.15, 0.2) is 0 Å². The molecule has 0 bridgehead atoms. The van der Waals surface area contributed by atoms with E-state index in [1.807, 2.05) is 13.0 Å². The Bertz CT molecular complexity index is 420. The van der Waals surface area contributed by atoms with Crippen LogP contribution in [0.2, 0.25) is 0 Å². The van der Waals surface area contributed by atoms with Crippen LogP contribution in [0.25, 0.3) is 0 Å². The molecule has 5 heteroatoms. The number of unbranched alkanes of at least 4 members (excludes halogenated alkanes) is 2. The molecule has 1 aliphatic rings. The van der Waals surface area contributed by atoms with Gasteiger partial charge in [-0.15, -0.1) is 0 Å². The lowest BCUT2D eigenvalue weighted by Gasteiger charge is -2.35. The summed E-state index contributed by atoms with van der Waals surface area (Å²) in [6, 6.07) is 0. The minimum absolute atomic E-state index is 0.0711. The van der Waals surface area contributed by atoms with Crippen LogP contribution in [0.3, 0.4) is 0 Å². The topological polar surface area (TPSA) is 81.0 Å². The lowest BCUT2D eigenvalue weighted by molar-refractivity contribution is -0.142. The summed E-state index contributed by atoms with van der Waals surface area (Å²) in [4.78, 5) is 14.2. The van der Waals surface area contributed by atoms with E-state index in [0.717, 1.165) is 57.8 Å². The molecule has 1 heterocycles. The maximum Gasteiger partial charge on any atom is 0.251 e. The highest BCUT2D eigenvalue weighted by molar-refractivity contribution is 5.93. The third kappa shape index (κ3) is 8.34. The number of hydrogen-bond acceptors (Lipinski definition) is 4. The van der Waals surface area contributed by atoms with Gasteiger partial charge in [0.2, 0.25) is 0 Å². The quantitative estimate of drug-likeness (QED) is 0.526. The van der Waals surface area contributed by atoms with E-state index in [9.17, 15) is 20.1 Å². The molecule has 0 radical (unpaired) electrons. The van der Waals surface area contributed by atoms with Crippen LogP contribution in [-0.2, 0) is 4.79 Å².